The molecule has 110 valence electrons. The molecule has 0 unspecified atom stereocenters. The number of carbonyl (C=O) groups is 2. The second-order valence-corrected chi connectivity index (χ2v) is 4.14. The standard InChI is InChI=1S/C13H16O7/c14-6-9(15)11(17)12(18)10(16)7-20-13(19)8-4-2-1-3-5-8/h1-6,9-12,15-18H,7H2/t9-,10+,11+,12+/m0/s1. The molecule has 4 atom stereocenters. The third kappa shape index (κ3) is 4.39. The van der Waals surface area contributed by atoms with Gasteiger partial charge in [0.25, 0.3) is 0 Å². The fraction of sp³-hybridized carbons (Fsp3) is 0.385. The predicted octanol–water partition coefficient (Wildman–Crippen LogP) is -1.51. The fourth-order valence-electron chi connectivity index (χ4n) is 1.43. The zero-order valence-corrected chi connectivity index (χ0v) is 10.5. The predicted molar refractivity (Wildman–Crippen MR) is 66.8 cm³/mol. The molecule has 0 spiro atoms. The summed E-state index contributed by atoms with van der Waals surface area (Å²) in [5.74, 6) is -0.706. The molecule has 20 heavy (non-hydrogen) atoms. The number of esters is 1. The molecule has 0 aliphatic carbocycles. The van der Waals surface area contributed by atoms with Crippen LogP contribution in [0.15, 0.2) is 30.3 Å². The Balaban J connectivity index is 2.49. The minimum Gasteiger partial charge on any atom is -0.459 e. The Morgan fingerprint density at radius 1 is 1.10 bits per heavy atom. The maximum atomic E-state index is 11.5. The summed E-state index contributed by atoms with van der Waals surface area (Å²) in [5, 5.41) is 37.3. The summed E-state index contributed by atoms with van der Waals surface area (Å²) in [4.78, 5) is 21.8. The molecule has 0 radical (unpaired) electrons. The Kier molecular flexibility index (Phi) is 6.26. The average molecular weight is 284 g/mol. The van der Waals surface area contributed by atoms with Gasteiger partial charge in [0.05, 0.1) is 5.56 Å². The molecule has 0 amide bonds. The van der Waals surface area contributed by atoms with Crippen molar-refractivity contribution in [1.29, 1.82) is 0 Å². The Labute approximate surface area is 115 Å². The van der Waals surface area contributed by atoms with E-state index in [-0.39, 0.29) is 11.8 Å². The number of aliphatic hydroxyl groups excluding tert-OH is 4. The minimum absolute atomic E-state index is 0.0244. The van der Waals surface area contributed by atoms with Gasteiger partial charge in [0, 0.05) is 0 Å². The highest BCUT2D eigenvalue weighted by Gasteiger charge is 2.30. The minimum atomic E-state index is -1.86. The number of hydrogen-bond acceptors (Lipinski definition) is 7. The van der Waals surface area contributed by atoms with E-state index < -0.39 is 37.0 Å². The molecule has 0 aliphatic rings. The van der Waals surface area contributed by atoms with Gasteiger partial charge in [-0.25, -0.2) is 4.79 Å². The van der Waals surface area contributed by atoms with Crippen LogP contribution >= 0.6 is 0 Å². The summed E-state index contributed by atoms with van der Waals surface area (Å²) in [6.45, 7) is -0.586. The van der Waals surface area contributed by atoms with Gasteiger partial charge < -0.3 is 30.0 Å². The highest BCUT2D eigenvalue weighted by molar-refractivity contribution is 5.89. The molecule has 0 heterocycles. The largest absolute Gasteiger partial charge is 0.459 e. The molecule has 4 N–H and O–H groups in total. The first-order chi connectivity index (χ1) is 9.47. The third-order valence-corrected chi connectivity index (χ3v) is 2.63. The SMILES string of the molecule is O=C[C@H](O)[C@@H](O)[C@H](O)[C@H](O)COC(=O)c1ccccc1. The molecule has 0 saturated heterocycles. The van der Waals surface area contributed by atoms with E-state index in [1.54, 1.807) is 18.2 Å². The van der Waals surface area contributed by atoms with Gasteiger partial charge in [-0.05, 0) is 12.1 Å². The molecule has 0 aliphatic heterocycles. The molecule has 0 aromatic heterocycles. The van der Waals surface area contributed by atoms with Crippen molar-refractivity contribution in [2.45, 2.75) is 24.4 Å². The summed E-state index contributed by atoms with van der Waals surface area (Å²) >= 11 is 0. The van der Waals surface area contributed by atoms with Crippen molar-refractivity contribution in [3.63, 3.8) is 0 Å². The highest BCUT2D eigenvalue weighted by Crippen LogP contribution is 2.07. The summed E-state index contributed by atoms with van der Waals surface area (Å²) in [6, 6.07) is 8.00. The number of carbonyl (C=O) groups excluding carboxylic acids is 2. The van der Waals surface area contributed by atoms with Crippen LogP contribution < -0.4 is 0 Å². The van der Waals surface area contributed by atoms with Crippen LogP contribution in [0.1, 0.15) is 10.4 Å². The Morgan fingerprint density at radius 3 is 2.25 bits per heavy atom. The zero-order valence-electron chi connectivity index (χ0n) is 10.5. The summed E-state index contributed by atoms with van der Waals surface area (Å²) in [5.41, 5.74) is 0.266. The first kappa shape index (κ1) is 16.3. The quantitative estimate of drug-likeness (QED) is 0.354. The van der Waals surface area contributed by atoms with Crippen LogP contribution in [0.2, 0.25) is 0 Å². The summed E-state index contributed by atoms with van der Waals surface area (Å²) < 4.78 is 4.74. The maximum absolute atomic E-state index is 11.5. The summed E-state index contributed by atoms with van der Waals surface area (Å²) in [6.07, 6.45) is -7.12. The van der Waals surface area contributed by atoms with Crippen LogP contribution in [0, 0.1) is 0 Å². The molecule has 7 nitrogen and oxygen atoms in total. The number of benzene rings is 1. The third-order valence-electron chi connectivity index (χ3n) is 2.63. The van der Waals surface area contributed by atoms with E-state index in [0.717, 1.165) is 0 Å². The van der Waals surface area contributed by atoms with Gasteiger partial charge >= 0.3 is 5.97 Å². The topological polar surface area (TPSA) is 124 Å². The van der Waals surface area contributed by atoms with Gasteiger partial charge in [0.15, 0.2) is 6.29 Å². The lowest BCUT2D eigenvalue weighted by Crippen LogP contribution is -2.46. The van der Waals surface area contributed by atoms with Crippen LogP contribution in [-0.2, 0) is 9.53 Å². The van der Waals surface area contributed by atoms with E-state index in [0.29, 0.717) is 0 Å². The van der Waals surface area contributed by atoms with Crippen molar-refractivity contribution in [1.82, 2.24) is 0 Å². The van der Waals surface area contributed by atoms with E-state index in [1.165, 1.54) is 12.1 Å². The molecule has 0 bridgehead atoms. The number of aldehydes is 1. The van der Waals surface area contributed by atoms with Crippen LogP contribution in [0.25, 0.3) is 0 Å². The smallest absolute Gasteiger partial charge is 0.338 e. The van der Waals surface area contributed by atoms with Crippen LogP contribution in [-0.4, -0.2) is 63.7 Å². The second kappa shape index (κ2) is 7.71. The number of hydrogen-bond donors (Lipinski definition) is 4. The van der Waals surface area contributed by atoms with Gasteiger partial charge in [0.2, 0.25) is 0 Å². The van der Waals surface area contributed by atoms with E-state index in [4.69, 9.17) is 9.84 Å². The molecule has 1 aromatic carbocycles. The molecule has 1 rings (SSSR count). The van der Waals surface area contributed by atoms with Crippen LogP contribution in [0.5, 0.6) is 0 Å². The van der Waals surface area contributed by atoms with E-state index in [1.807, 2.05) is 0 Å². The average Bonchev–Trinajstić information content (AvgIpc) is 2.50. The van der Waals surface area contributed by atoms with Crippen molar-refractivity contribution in [3.05, 3.63) is 35.9 Å². The van der Waals surface area contributed by atoms with Gasteiger partial charge in [0.1, 0.15) is 31.0 Å². The molecule has 0 saturated carbocycles. The van der Waals surface area contributed by atoms with E-state index in [9.17, 15) is 24.9 Å². The van der Waals surface area contributed by atoms with Crippen LogP contribution in [0.3, 0.4) is 0 Å². The van der Waals surface area contributed by atoms with Crippen molar-refractivity contribution in [2.75, 3.05) is 6.61 Å². The highest BCUT2D eigenvalue weighted by atomic mass is 16.5. The lowest BCUT2D eigenvalue weighted by atomic mass is 10.0. The Morgan fingerprint density at radius 2 is 1.70 bits per heavy atom. The first-order valence-corrected chi connectivity index (χ1v) is 5.87. The van der Waals surface area contributed by atoms with Crippen LogP contribution in [0.4, 0.5) is 0 Å². The number of rotatable bonds is 7. The zero-order chi connectivity index (χ0) is 15.1. The molecular weight excluding hydrogens is 268 g/mol. The molecule has 1 aromatic rings. The Bertz CT molecular complexity index is 434. The molecule has 0 fully saturated rings. The van der Waals surface area contributed by atoms with E-state index in [2.05, 4.69) is 0 Å². The monoisotopic (exact) mass is 284 g/mol. The lowest BCUT2D eigenvalue weighted by molar-refractivity contribution is -0.136. The fourth-order valence-corrected chi connectivity index (χ4v) is 1.43. The van der Waals surface area contributed by atoms with Crippen molar-refractivity contribution in [2.24, 2.45) is 0 Å². The lowest BCUT2D eigenvalue weighted by Gasteiger charge is -2.23. The van der Waals surface area contributed by atoms with Crippen molar-refractivity contribution >= 4 is 12.3 Å². The first-order valence-electron chi connectivity index (χ1n) is 5.87. The maximum Gasteiger partial charge on any atom is 0.338 e. The van der Waals surface area contributed by atoms with Crippen molar-refractivity contribution < 1.29 is 34.8 Å². The Hall–Kier alpha value is -1.80. The van der Waals surface area contributed by atoms with Gasteiger partial charge in [-0.3, -0.25) is 0 Å². The van der Waals surface area contributed by atoms with E-state index >= 15 is 0 Å². The van der Waals surface area contributed by atoms with Gasteiger partial charge in [-0.2, -0.15) is 0 Å². The van der Waals surface area contributed by atoms with Gasteiger partial charge in [-0.1, -0.05) is 18.2 Å². The number of aliphatic hydroxyl groups is 4. The van der Waals surface area contributed by atoms with Crippen molar-refractivity contribution in [3.8, 4) is 0 Å². The second-order valence-electron chi connectivity index (χ2n) is 4.14. The molecule has 7 heteroatoms. The van der Waals surface area contributed by atoms with Gasteiger partial charge in [-0.15, -0.1) is 0 Å². The normalized spacial score (nSPS) is 16.8. The number of ether oxygens (including phenoxy) is 1. The summed E-state index contributed by atoms with van der Waals surface area (Å²) in [7, 11) is 0. The molecular formula is C13H16O7.